The molecule has 0 bridgehead atoms. The van der Waals surface area contributed by atoms with Gasteiger partial charge in [0, 0.05) is 11.4 Å². The van der Waals surface area contributed by atoms with Crippen molar-refractivity contribution in [3.05, 3.63) is 34.9 Å². The number of halogens is 1. The lowest BCUT2D eigenvalue weighted by molar-refractivity contribution is -0.143. The van der Waals surface area contributed by atoms with E-state index in [1.54, 1.807) is 24.3 Å². The van der Waals surface area contributed by atoms with Crippen LogP contribution in [0.25, 0.3) is 0 Å². The third-order valence-corrected chi connectivity index (χ3v) is 4.69. The van der Waals surface area contributed by atoms with E-state index >= 15 is 0 Å². The number of nitrogens with zero attached hydrogens (tertiary/aromatic N) is 1. The number of imide groups is 1. The van der Waals surface area contributed by atoms with Crippen molar-refractivity contribution in [1.82, 2.24) is 4.90 Å². The average Bonchev–Trinajstić information content (AvgIpc) is 2.64. The van der Waals surface area contributed by atoms with Crippen LogP contribution < -0.4 is 0 Å². The highest BCUT2D eigenvalue weighted by Crippen LogP contribution is 2.39. The van der Waals surface area contributed by atoms with E-state index in [9.17, 15) is 14.7 Å². The molecule has 21 heavy (non-hydrogen) atoms. The highest BCUT2D eigenvalue weighted by molar-refractivity contribution is 6.30. The first kappa shape index (κ1) is 16.0. The Morgan fingerprint density at radius 1 is 1.29 bits per heavy atom. The molecule has 2 atom stereocenters. The summed E-state index contributed by atoms with van der Waals surface area (Å²) in [5, 5.41) is 10.8. The van der Waals surface area contributed by atoms with Crippen LogP contribution in [0.15, 0.2) is 24.3 Å². The molecule has 2 amide bonds. The lowest BCUT2D eigenvalue weighted by Crippen LogP contribution is -2.39. The molecular weight excluding hydrogens is 290 g/mol. The van der Waals surface area contributed by atoms with Gasteiger partial charge in [0.05, 0.1) is 18.1 Å². The summed E-state index contributed by atoms with van der Waals surface area (Å²) in [5.41, 5.74) is -0.0327. The van der Waals surface area contributed by atoms with Crippen molar-refractivity contribution in [3.8, 4) is 0 Å². The first-order valence-corrected chi connectivity index (χ1v) is 7.42. The van der Waals surface area contributed by atoms with E-state index in [2.05, 4.69) is 0 Å². The van der Waals surface area contributed by atoms with Crippen molar-refractivity contribution in [1.29, 1.82) is 0 Å². The second kappa shape index (κ2) is 5.78. The second-order valence-electron chi connectivity index (χ2n) is 6.13. The van der Waals surface area contributed by atoms with Crippen molar-refractivity contribution in [2.24, 2.45) is 11.3 Å². The van der Waals surface area contributed by atoms with Crippen molar-refractivity contribution in [2.75, 3.05) is 6.54 Å². The van der Waals surface area contributed by atoms with Gasteiger partial charge in [-0.3, -0.25) is 14.5 Å². The largest absolute Gasteiger partial charge is 0.387 e. The molecule has 4 nitrogen and oxygen atoms in total. The Bertz CT molecular complexity index is 555. The molecule has 5 heteroatoms. The Morgan fingerprint density at radius 2 is 1.86 bits per heavy atom. The number of hydrogen-bond donors (Lipinski definition) is 1. The zero-order valence-corrected chi connectivity index (χ0v) is 13.2. The summed E-state index contributed by atoms with van der Waals surface area (Å²) in [4.78, 5) is 25.8. The number of rotatable bonds is 4. The molecule has 1 aromatic rings. The summed E-state index contributed by atoms with van der Waals surface area (Å²) < 4.78 is 0. The van der Waals surface area contributed by atoms with Crippen LogP contribution >= 0.6 is 11.6 Å². The van der Waals surface area contributed by atoms with Gasteiger partial charge in [-0.05, 0) is 30.5 Å². The average molecular weight is 310 g/mol. The van der Waals surface area contributed by atoms with Gasteiger partial charge in [0.25, 0.3) is 0 Å². The van der Waals surface area contributed by atoms with Gasteiger partial charge in [-0.25, -0.2) is 0 Å². The topological polar surface area (TPSA) is 57.6 Å². The number of aliphatic hydroxyl groups is 1. The molecule has 0 aromatic heterocycles. The molecule has 0 spiro atoms. The van der Waals surface area contributed by atoms with Gasteiger partial charge < -0.3 is 5.11 Å². The number of benzene rings is 1. The molecule has 0 saturated carbocycles. The fourth-order valence-corrected chi connectivity index (χ4v) is 2.63. The number of aliphatic hydroxyl groups excluding tert-OH is 1. The molecule has 0 aliphatic carbocycles. The normalized spacial score (nSPS) is 24.0. The molecule has 114 valence electrons. The fraction of sp³-hybridized carbons (Fsp3) is 0.500. The molecule has 1 heterocycles. The molecule has 1 aromatic carbocycles. The van der Waals surface area contributed by atoms with E-state index in [1.165, 1.54) is 4.90 Å². The third-order valence-electron chi connectivity index (χ3n) is 4.44. The molecule has 0 radical (unpaired) electrons. The molecule has 2 unspecified atom stereocenters. The summed E-state index contributed by atoms with van der Waals surface area (Å²) in [6.45, 7) is 5.67. The predicted octanol–water partition coefficient (Wildman–Crippen LogP) is 2.79. The Kier molecular flexibility index (Phi) is 4.40. The van der Waals surface area contributed by atoms with E-state index in [-0.39, 0.29) is 30.7 Å². The highest BCUT2D eigenvalue weighted by atomic mass is 35.5. The second-order valence-corrected chi connectivity index (χ2v) is 6.56. The van der Waals surface area contributed by atoms with Gasteiger partial charge >= 0.3 is 0 Å². The van der Waals surface area contributed by atoms with E-state index in [0.29, 0.717) is 10.6 Å². The van der Waals surface area contributed by atoms with Crippen molar-refractivity contribution in [2.45, 2.75) is 33.3 Å². The standard InChI is InChI=1S/C16H20ClNO3/c1-10(2)16(3)8-14(20)18(15(16)21)9-13(19)11-4-6-12(17)7-5-11/h4-7,10,13,19H,8-9H2,1-3H3. The lowest BCUT2D eigenvalue weighted by atomic mass is 9.78. The van der Waals surface area contributed by atoms with E-state index in [4.69, 9.17) is 11.6 Å². The minimum absolute atomic E-state index is 0.0123. The molecule has 1 saturated heterocycles. The number of β-amino-alcohol motifs (C(OH)–C–C–N with tert-alkyl or cyclic N) is 1. The smallest absolute Gasteiger partial charge is 0.235 e. The van der Waals surface area contributed by atoms with Gasteiger partial charge in [0.15, 0.2) is 0 Å². The van der Waals surface area contributed by atoms with Gasteiger partial charge in [0.2, 0.25) is 11.8 Å². The molecule has 1 fully saturated rings. The van der Waals surface area contributed by atoms with Crippen LogP contribution in [-0.4, -0.2) is 28.4 Å². The summed E-state index contributed by atoms with van der Waals surface area (Å²) in [6, 6.07) is 6.73. The summed E-state index contributed by atoms with van der Waals surface area (Å²) in [7, 11) is 0. The SMILES string of the molecule is CC(C)C1(C)CC(=O)N(CC(O)c2ccc(Cl)cc2)C1=O. The van der Waals surface area contributed by atoms with Gasteiger partial charge in [-0.2, -0.15) is 0 Å². The number of carbonyl (C=O) groups excluding carboxylic acids is 2. The van der Waals surface area contributed by atoms with E-state index in [0.717, 1.165) is 0 Å². The van der Waals surface area contributed by atoms with Gasteiger partial charge in [0.1, 0.15) is 0 Å². The maximum atomic E-state index is 12.5. The van der Waals surface area contributed by atoms with Crippen LogP contribution in [0.2, 0.25) is 5.02 Å². The number of amides is 2. The Labute approximate surface area is 129 Å². The van der Waals surface area contributed by atoms with Gasteiger partial charge in [-0.15, -0.1) is 0 Å². The van der Waals surface area contributed by atoms with Crippen molar-refractivity contribution in [3.63, 3.8) is 0 Å². The van der Waals surface area contributed by atoms with Crippen LogP contribution in [0.1, 0.15) is 38.9 Å². The molecular formula is C16H20ClNO3. The Hall–Kier alpha value is -1.39. The van der Waals surface area contributed by atoms with Crippen LogP contribution in [0.5, 0.6) is 0 Å². The third kappa shape index (κ3) is 2.97. The minimum atomic E-state index is -0.898. The molecule has 1 aliphatic heterocycles. The van der Waals surface area contributed by atoms with Crippen LogP contribution in [-0.2, 0) is 9.59 Å². The zero-order chi connectivity index (χ0) is 15.8. The molecule has 1 aliphatic rings. The summed E-state index contributed by atoms with van der Waals surface area (Å²) in [5.74, 6) is -0.341. The monoisotopic (exact) mass is 309 g/mol. The first-order valence-electron chi connectivity index (χ1n) is 7.04. The Balaban J connectivity index is 2.14. The molecule has 2 rings (SSSR count). The first-order chi connectivity index (χ1) is 9.75. The summed E-state index contributed by atoms with van der Waals surface area (Å²) in [6.07, 6.45) is -0.693. The number of likely N-dealkylation sites (tertiary alicyclic amines) is 1. The van der Waals surface area contributed by atoms with Crippen molar-refractivity contribution < 1.29 is 14.7 Å². The van der Waals surface area contributed by atoms with Crippen LogP contribution in [0, 0.1) is 11.3 Å². The van der Waals surface area contributed by atoms with Crippen molar-refractivity contribution >= 4 is 23.4 Å². The fourth-order valence-electron chi connectivity index (χ4n) is 2.51. The lowest BCUT2D eigenvalue weighted by Gasteiger charge is -2.26. The Morgan fingerprint density at radius 3 is 2.33 bits per heavy atom. The minimum Gasteiger partial charge on any atom is -0.387 e. The van der Waals surface area contributed by atoms with E-state index in [1.807, 2.05) is 20.8 Å². The van der Waals surface area contributed by atoms with Crippen LogP contribution in [0.3, 0.4) is 0 Å². The van der Waals surface area contributed by atoms with E-state index < -0.39 is 11.5 Å². The molecule has 1 N–H and O–H groups in total. The predicted molar refractivity (Wildman–Crippen MR) is 80.7 cm³/mol. The highest BCUT2D eigenvalue weighted by Gasteiger charge is 2.50. The van der Waals surface area contributed by atoms with Gasteiger partial charge in [-0.1, -0.05) is 37.6 Å². The number of hydrogen-bond acceptors (Lipinski definition) is 3. The maximum Gasteiger partial charge on any atom is 0.235 e. The maximum absolute atomic E-state index is 12.5. The number of carbonyl (C=O) groups is 2. The summed E-state index contributed by atoms with van der Waals surface area (Å²) >= 11 is 5.80. The quantitative estimate of drug-likeness (QED) is 0.870. The zero-order valence-electron chi connectivity index (χ0n) is 12.5. The van der Waals surface area contributed by atoms with Crippen LogP contribution in [0.4, 0.5) is 0 Å².